The Balaban J connectivity index is 2.51. The van der Waals surface area contributed by atoms with Gasteiger partial charge in [0.2, 0.25) is 0 Å². The molecule has 4 nitrogen and oxygen atoms in total. The number of hydrogen-bond acceptors (Lipinski definition) is 3. The van der Waals surface area contributed by atoms with E-state index in [1.165, 1.54) is 5.57 Å². The van der Waals surface area contributed by atoms with Crippen LogP contribution in [0.4, 0.5) is 0 Å². The SMILES string of the molecule is CCCCC[C@H](O)C=C[C@@H]1C(CCCCCCC(=O)O)=C(CCl)C[C@H]1O. The maximum absolute atomic E-state index is 10.5. The van der Waals surface area contributed by atoms with Gasteiger partial charge in [-0.05, 0) is 32.1 Å². The van der Waals surface area contributed by atoms with Crippen molar-refractivity contribution in [2.75, 3.05) is 5.88 Å². The highest BCUT2D eigenvalue weighted by Gasteiger charge is 2.30. The maximum Gasteiger partial charge on any atom is 0.303 e. The highest BCUT2D eigenvalue weighted by molar-refractivity contribution is 6.19. The lowest BCUT2D eigenvalue weighted by Gasteiger charge is -2.16. The molecule has 3 N–H and O–H groups in total. The lowest BCUT2D eigenvalue weighted by molar-refractivity contribution is -0.137. The normalized spacial score (nSPS) is 21.7. The third kappa shape index (κ3) is 8.70. The van der Waals surface area contributed by atoms with Crippen LogP contribution in [0.5, 0.6) is 0 Å². The van der Waals surface area contributed by atoms with E-state index in [0.29, 0.717) is 18.7 Å². The number of unbranched alkanes of at least 4 members (excludes halogenated alkanes) is 5. The Morgan fingerprint density at radius 1 is 1.23 bits per heavy atom. The minimum atomic E-state index is -0.737. The summed E-state index contributed by atoms with van der Waals surface area (Å²) in [6.07, 6.45) is 12.2. The van der Waals surface area contributed by atoms with Crippen molar-refractivity contribution in [1.29, 1.82) is 0 Å². The van der Waals surface area contributed by atoms with Gasteiger partial charge in [-0.3, -0.25) is 4.79 Å². The molecular formula is C21H35ClO4. The van der Waals surface area contributed by atoms with Crippen LogP contribution in [0.1, 0.15) is 77.6 Å². The second-order valence-corrected chi connectivity index (χ2v) is 7.58. The number of carboxylic acids is 1. The van der Waals surface area contributed by atoms with Crippen LogP contribution in [0.2, 0.25) is 0 Å². The van der Waals surface area contributed by atoms with Crippen LogP contribution < -0.4 is 0 Å². The van der Waals surface area contributed by atoms with Crippen molar-refractivity contribution in [3.63, 3.8) is 0 Å². The van der Waals surface area contributed by atoms with Gasteiger partial charge in [0.05, 0.1) is 12.2 Å². The van der Waals surface area contributed by atoms with Crippen molar-refractivity contribution in [2.24, 2.45) is 5.92 Å². The fourth-order valence-corrected chi connectivity index (χ4v) is 3.88. The Kier molecular flexibility index (Phi) is 11.9. The molecule has 0 aromatic rings. The Morgan fingerprint density at radius 3 is 2.62 bits per heavy atom. The van der Waals surface area contributed by atoms with Gasteiger partial charge in [-0.15, -0.1) is 11.6 Å². The van der Waals surface area contributed by atoms with Gasteiger partial charge in [0.1, 0.15) is 0 Å². The minimum absolute atomic E-state index is 0.0522. The Morgan fingerprint density at radius 2 is 1.96 bits per heavy atom. The van der Waals surface area contributed by atoms with E-state index in [9.17, 15) is 15.0 Å². The van der Waals surface area contributed by atoms with Gasteiger partial charge in [-0.1, -0.05) is 62.3 Å². The summed E-state index contributed by atoms with van der Waals surface area (Å²) < 4.78 is 0. The van der Waals surface area contributed by atoms with E-state index in [0.717, 1.165) is 56.9 Å². The van der Waals surface area contributed by atoms with Crippen LogP contribution in [0, 0.1) is 5.92 Å². The van der Waals surface area contributed by atoms with Gasteiger partial charge in [-0.25, -0.2) is 0 Å². The zero-order valence-electron chi connectivity index (χ0n) is 16.0. The van der Waals surface area contributed by atoms with Gasteiger partial charge in [0.15, 0.2) is 0 Å². The number of halogens is 1. The van der Waals surface area contributed by atoms with Crippen molar-refractivity contribution in [3.05, 3.63) is 23.3 Å². The molecule has 150 valence electrons. The second kappa shape index (κ2) is 13.3. The first-order valence-electron chi connectivity index (χ1n) is 10.0. The first kappa shape index (κ1) is 23.2. The van der Waals surface area contributed by atoms with Crippen LogP contribution in [0.3, 0.4) is 0 Å². The van der Waals surface area contributed by atoms with Crippen LogP contribution in [0.15, 0.2) is 23.3 Å². The van der Waals surface area contributed by atoms with Gasteiger partial charge in [0, 0.05) is 18.2 Å². The average molecular weight is 387 g/mol. The zero-order valence-corrected chi connectivity index (χ0v) is 16.8. The van der Waals surface area contributed by atoms with E-state index < -0.39 is 18.2 Å². The fourth-order valence-electron chi connectivity index (χ4n) is 3.60. The molecule has 0 bridgehead atoms. The molecule has 3 atom stereocenters. The van der Waals surface area contributed by atoms with Gasteiger partial charge in [-0.2, -0.15) is 0 Å². The number of carbonyl (C=O) groups is 1. The Bertz CT molecular complexity index is 473. The molecule has 1 aliphatic rings. The summed E-state index contributed by atoms with van der Waals surface area (Å²) in [5.41, 5.74) is 2.34. The molecule has 0 aliphatic heterocycles. The summed E-state index contributed by atoms with van der Waals surface area (Å²) in [6, 6.07) is 0. The van der Waals surface area contributed by atoms with Crippen molar-refractivity contribution >= 4 is 17.6 Å². The van der Waals surface area contributed by atoms with Crippen LogP contribution in [0.25, 0.3) is 0 Å². The molecule has 0 fully saturated rings. The molecular weight excluding hydrogens is 352 g/mol. The van der Waals surface area contributed by atoms with E-state index in [-0.39, 0.29) is 12.3 Å². The first-order valence-corrected chi connectivity index (χ1v) is 10.6. The Labute approximate surface area is 163 Å². The number of hydrogen-bond donors (Lipinski definition) is 3. The maximum atomic E-state index is 10.5. The average Bonchev–Trinajstić information content (AvgIpc) is 2.91. The van der Waals surface area contributed by atoms with E-state index in [1.54, 1.807) is 0 Å². The first-order chi connectivity index (χ1) is 12.5. The molecule has 1 rings (SSSR count). The summed E-state index contributed by atoms with van der Waals surface area (Å²) in [7, 11) is 0. The van der Waals surface area contributed by atoms with Crippen LogP contribution in [-0.2, 0) is 4.79 Å². The van der Waals surface area contributed by atoms with Gasteiger partial charge < -0.3 is 15.3 Å². The highest BCUT2D eigenvalue weighted by Crippen LogP contribution is 2.37. The molecule has 1 aliphatic carbocycles. The molecule has 0 spiro atoms. The summed E-state index contributed by atoms with van der Waals surface area (Å²) in [6.45, 7) is 2.14. The predicted molar refractivity (Wildman–Crippen MR) is 106 cm³/mol. The number of aliphatic carboxylic acids is 1. The van der Waals surface area contributed by atoms with Crippen LogP contribution in [-0.4, -0.2) is 39.4 Å². The molecule has 0 amide bonds. The standard InChI is InChI=1S/C21H35ClO4/c1-2-3-6-9-17(23)12-13-19-18(16(15-22)14-20(19)24)10-7-4-5-8-11-21(25)26/h12-13,17,19-20,23-24H,2-11,14-15H2,1H3,(H,25,26)/t17-,19+,20+/m0/s1. The van der Waals surface area contributed by atoms with E-state index in [2.05, 4.69) is 6.92 Å². The minimum Gasteiger partial charge on any atom is -0.481 e. The number of rotatable bonds is 14. The molecule has 0 saturated carbocycles. The molecule has 0 heterocycles. The number of carboxylic acid groups (broad SMARTS) is 1. The predicted octanol–water partition coefficient (Wildman–Crippen LogP) is 4.83. The van der Waals surface area contributed by atoms with Crippen molar-refractivity contribution in [3.8, 4) is 0 Å². The van der Waals surface area contributed by atoms with E-state index in [1.807, 2.05) is 12.2 Å². The van der Waals surface area contributed by atoms with Crippen molar-refractivity contribution in [2.45, 2.75) is 89.8 Å². The molecule has 0 saturated heterocycles. The van der Waals surface area contributed by atoms with Crippen molar-refractivity contribution < 1.29 is 20.1 Å². The zero-order chi connectivity index (χ0) is 19.4. The summed E-state index contributed by atoms with van der Waals surface area (Å²) in [4.78, 5) is 10.5. The summed E-state index contributed by atoms with van der Waals surface area (Å²) in [5.74, 6) is -0.350. The molecule has 0 unspecified atom stereocenters. The number of aliphatic hydroxyl groups excluding tert-OH is 2. The lowest BCUT2D eigenvalue weighted by atomic mass is 9.92. The molecule has 0 aromatic heterocycles. The topological polar surface area (TPSA) is 77.8 Å². The molecule has 0 aromatic carbocycles. The van der Waals surface area contributed by atoms with Gasteiger partial charge >= 0.3 is 5.97 Å². The summed E-state index contributed by atoms with van der Waals surface area (Å²) >= 11 is 6.07. The van der Waals surface area contributed by atoms with E-state index >= 15 is 0 Å². The highest BCUT2D eigenvalue weighted by atomic mass is 35.5. The third-order valence-electron chi connectivity index (χ3n) is 5.12. The van der Waals surface area contributed by atoms with Crippen molar-refractivity contribution in [1.82, 2.24) is 0 Å². The lowest BCUT2D eigenvalue weighted by Crippen LogP contribution is -2.15. The summed E-state index contributed by atoms with van der Waals surface area (Å²) in [5, 5.41) is 29.1. The number of aliphatic hydroxyl groups is 2. The smallest absolute Gasteiger partial charge is 0.303 e. The third-order valence-corrected chi connectivity index (χ3v) is 5.44. The van der Waals surface area contributed by atoms with Crippen LogP contribution >= 0.6 is 11.6 Å². The molecule has 5 heteroatoms. The number of alkyl halides is 1. The monoisotopic (exact) mass is 386 g/mol. The fraction of sp³-hybridized carbons (Fsp3) is 0.762. The quantitative estimate of drug-likeness (QED) is 0.227. The second-order valence-electron chi connectivity index (χ2n) is 7.32. The Hall–Kier alpha value is -0.840. The molecule has 26 heavy (non-hydrogen) atoms. The van der Waals surface area contributed by atoms with E-state index in [4.69, 9.17) is 16.7 Å². The van der Waals surface area contributed by atoms with Gasteiger partial charge in [0.25, 0.3) is 0 Å². The molecule has 0 radical (unpaired) electrons. The largest absolute Gasteiger partial charge is 0.481 e.